The first-order valence-corrected chi connectivity index (χ1v) is 12.9. The van der Waals surface area contributed by atoms with Crippen LogP contribution in [0.5, 0.6) is 5.75 Å². The van der Waals surface area contributed by atoms with Crippen LogP contribution in [-0.4, -0.2) is 65.5 Å². The third-order valence-corrected chi connectivity index (χ3v) is 6.68. The van der Waals surface area contributed by atoms with E-state index in [2.05, 4.69) is 16.0 Å². The van der Waals surface area contributed by atoms with Gasteiger partial charge in [-0.25, -0.2) is 0 Å². The van der Waals surface area contributed by atoms with Gasteiger partial charge >= 0.3 is 0 Å². The van der Waals surface area contributed by atoms with Gasteiger partial charge in [0, 0.05) is 24.4 Å². The molecule has 2 aromatic rings. The summed E-state index contributed by atoms with van der Waals surface area (Å²) < 4.78 is 7.39. The van der Waals surface area contributed by atoms with Crippen LogP contribution in [0, 0.1) is 11.8 Å². The summed E-state index contributed by atoms with van der Waals surface area (Å²) in [6, 6.07) is 5.46. The monoisotopic (exact) mass is 514 g/mol. The predicted octanol–water partition coefficient (Wildman–Crippen LogP) is 1.78. The van der Waals surface area contributed by atoms with Crippen LogP contribution < -0.4 is 20.7 Å². The summed E-state index contributed by atoms with van der Waals surface area (Å²) in [5, 5.41) is 18.5. The van der Waals surface area contributed by atoms with Gasteiger partial charge in [0.25, 0.3) is 5.91 Å². The number of nitrogens with one attached hydrogen (secondary N) is 3. The largest absolute Gasteiger partial charge is 0.496 e. The Kier molecular flexibility index (Phi) is 9.68. The number of aromatic nitrogens is 1. The highest BCUT2D eigenvalue weighted by Gasteiger charge is 2.33. The number of carbonyl (C=O) groups is 4. The van der Waals surface area contributed by atoms with E-state index in [9.17, 15) is 24.3 Å². The Morgan fingerprint density at radius 2 is 1.97 bits per heavy atom. The molecular formula is C27H38N4O6. The van der Waals surface area contributed by atoms with Gasteiger partial charge in [-0.3, -0.25) is 19.2 Å². The Labute approximate surface area is 217 Å². The van der Waals surface area contributed by atoms with Gasteiger partial charge in [-0.2, -0.15) is 0 Å². The van der Waals surface area contributed by atoms with Gasteiger partial charge in [0.05, 0.1) is 18.7 Å². The lowest BCUT2D eigenvalue weighted by Gasteiger charge is -2.25. The van der Waals surface area contributed by atoms with E-state index < -0.39 is 42.2 Å². The minimum atomic E-state index is -1.02. The molecule has 0 aliphatic carbocycles. The fraction of sp³-hybridized carbons (Fsp3) is 0.556. The second-order valence-electron chi connectivity index (χ2n) is 9.93. The van der Waals surface area contributed by atoms with Crippen LogP contribution >= 0.6 is 0 Å². The molecule has 1 aromatic carbocycles. The summed E-state index contributed by atoms with van der Waals surface area (Å²) >= 11 is 0. The van der Waals surface area contributed by atoms with Gasteiger partial charge in [-0.1, -0.05) is 26.8 Å². The minimum absolute atomic E-state index is 0.0743. The SMILES string of the molecule is CCCn1c(C(=O)N[C@H](CC(C)C)C(=O)N[C@@H](C[C@@H]2CCNC2=O)C(=O)CO)cc2c(OC)cccc21. The second kappa shape index (κ2) is 12.7. The number of Topliss-reactive ketones (excluding diaryl/α,β-unsaturated/α-hetero) is 1. The minimum Gasteiger partial charge on any atom is -0.496 e. The quantitative estimate of drug-likeness (QED) is 0.321. The molecule has 10 nitrogen and oxygen atoms in total. The average molecular weight is 515 g/mol. The van der Waals surface area contributed by atoms with Crippen LogP contribution in [0.1, 0.15) is 56.9 Å². The van der Waals surface area contributed by atoms with Crippen molar-refractivity contribution < 1.29 is 29.0 Å². The van der Waals surface area contributed by atoms with E-state index in [1.165, 1.54) is 0 Å². The van der Waals surface area contributed by atoms with E-state index in [0.717, 1.165) is 17.3 Å². The molecular weight excluding hydrogens is 476 g/mol. The molecule has 10 heteroatoms. The summed E-state index contributed by atoms with van der Waals surface area (Å²) in [5.41, 5.74) is 1.27. The Morgan fingerprint density at radius 3 is 2.57 bits per heavy atom. The van der Waals surface area contributed by atoms with Crippen molar-refractivity contribution in [2.75, 3.05) is 20.3 Å². The van der Waals surface area contributed by atoms with E-state index in [1.54, 1.807) is 13.2 Å². The number of ketones is 1. The fourth-order valence-corrected chi connectivity index (χ4v) is 4.83. The molecule has 3 amide bonds. The van der Waals surface area contributed by atoms with E-state index in [0.29, 0.717) is 37.4 Å². The number of fused-ring (bicyclic) bond motifs is 1. The topological polar surface area (TPSA) is 139 Å². The van der Waals surface area contributed by atoms with Crippen LogP contribution in [-0.2, 0) is 20.9 Å². The number of hydrogen-bond donors (Lipinski definition) is 4. The number of aliphatic hydroxyl groups excluding tert-OH is 1. The summed E-state index contributed by atoms with van der Waals surface area (Å²) in [6.07, 6.45) is 1.81. The number of methoxy groups -OCH3 is 1. The summed E-state index contributed by atoms with van der Waals surface area (Å²) in [5.74, 6) is -1.37. The maximum absolute atomic E-state index is 13.5. The van der Waals surface area contributed by atoms with Crippen LogP contribution in [0.4, 0.5) is 0 Å². The molecule has 4 N–H and O–H groups in total. The highest BCUT2D eigenvalue weighted by Crippen LogP contribution is 2.29. The molecule has 1 fully saturated rings. The van der Waals surface area contributed by atoms with Gasteiger partial charge in [-0.05, 0) is 49.8 Å². The van der Waals surface area contributed by atoms with E-state index in [1.807, 2.05) is 43.5 Å². The van der Waals surface area contributed by atoms with Crippen LogP contribution in [0.2, 0.25) is 0 Å². The number of ether oxygens (including phenoxy) is 1. The number of aliphatic hydroxyl groups is 1. The Balaban J connectivity index is 1.85. The molecule has 202 valence electrons. The van der Waals surface area contributed by atoms with Crippen molar-refractivity contribution in [2.45, 2.75) is 65.1 Å². The molecule has 2 heterocycles. The van der Waals surface area contributed by atoms with Gasteiger partial charge in [0.1, 0.15) is 24.1 Å². The van der Waals surface area contributed by atoms with Crippen LogP contribution in [0.15, 0.2) is 24.3 Å². The molecule has 1 aliphatic rings. The number of nitrogens with zero attached hydrogens (tertiary/aromatic N) is 1. The van der Waals surface area contributed by atoms with Crippen LogP contribution in [0.3, 0.4) is 0 Å². The number of benzene rings is 1. The zero-order valence-corrected chi connectivity index (χ0v) is 22.0. The number of carbonyl (C=O) groups excluding carboxylic acids is 4. The molecule has 3 rings (SSSR count). The molecule has 0 bridgehead atoms. The molecule has 1 aliphatic heterocycles. The van der Waals surface area contributed by atoms with Gasteiger partial charge in [0.2, 0.25) is 11.8 Å². The molecule has 0 spiro atoms. The van der Waals surface area contributed by atoms with Crippen molar-refractivity contribution in [1.82, 2.24) is 20.5 Å². The summed E-state index contributed by atoms with van der Waals surface area (Å²) in [7, 11) is 1.58. The van der Waals surface area contributed by atoms with Gasteiger partial charge in [0.15, 0.2) is 5.78 Å². The van der Waals surface area contributed by atoms with Crippen molar-refractivity contribution >= 4 is 34.4 Å². The first kappa shape index (κ1) is 28.2. The van der Waals surface area contributed by atoms with Gasteiger partial charge < -0.3 is 30.4 Å². The maximum atomic E-state index is 13.5. The average Bonchev–Trinajstić information content (AvgIpc) is 3.45. The first-order valence-electron chi connectivity index (χ1n) is 12.9. The molecule has 0 saturated carbocycles. The molecule has 0 radical (unpaired) electrons. The predicted molar refractivity (Wildman–Crippen MR) is 139 cm³/mol. The van der Waals surface area contributed by atoms with Crippen molar-refractivity contribution in [3.63, 3.8) is 0 Å². The third-order valence-electron chi connectivity index (χ3n) is 6.68. The molecule has 37 heavy (non-hydrogen) atoms. The highest BCUT2D eigenvalue weighted by atomic mass is 16.5. The lowest BCUT2D eigenvalue weighted by molar-refractivity contribution is -0.131. The Bertz CT molecular complexity index is 1140. The first-order chi connectivity index (χ1) is 17.7. The fourth-order valence-electron chi connectivity index (χ4n) is 4.83. The third kappa shape index (κ3) is 6.68. The van der Waals surface area contributed by atoms with E-state index in [-0.39, 0.29) is 18.2 Å². The Morgan fingerprint density at radius 1 is 1.22 bits per heavy atom. The second-order valence-corrected chi connectivity index (χ2v) is 9.93. The maximum Gasteiger partial charge on any atom is 0.268 e. The smallest absolute Gasteiger partial charge is 0.268 e. The van der Waals surface area contributed by atoms with Crippen molar-refractivity contribution in [1.29, 1.82) is 0 Å². The standard InChI is InChI=1S/C27H38N4O6/c1-5-11-31-21-7-6-8-24(37-4)18(21)14-22(31)27(36)30-20(12-16(2)3)26(35)29-19(23(33)15-32)13-17-9-10-28-25(17)34/h6-8,14,16-17,19-20,32H,5,9-13,15H2,1-4H3,(H,28,34)(H,29,35)(H,30,36)/t17-,19-,20+/m0/s1. The van der Waals surface area contributed by atoms with Gasteiger partial charge in [-0.15, -0.1) is 0 Å². The zero-order chi connectivity index (χ0) is 27.1. The van der Waals surface area contributed by atoms with Crippen molar-refractivity contribution in [2.24, 2.45) is 11.8 Å². The Hall–Kier alpha value is -3.40. The highest BCUT2D eigenvalue weighted by molar-refractivity contribution is 6.02. The molecule has 1 saturated heterocycles. The molecule has 0 unspecified atom stereocenters. The van der Waals surface area contributed by atoms with Crippen molar-refractivity contribution in [3.05, 3.63) is 30.0 Å². The number of aryl methyl sites for hydroxylation is 1. The summed E-state index contributed by atoms with van der Waals surface area (Å²) in [4.78, 5) is 51.3. The number of rotatable bonds is 13. The summed E-state index contributed by atoms with van der Waals surface area (Å²) in [6.45, 7) is 6.26. The lowest BCUT2D eigenvalue weighted by atomic mass is 9.95. The van der Waals surface area contributed by atoms with Crippen LogP contribution in [0.25, 0.3) is 10.9 Å². The zero-order valence-electron chi connectivity index (χ0n) is 22.0. The molecule has 1 aromatic heterocycles. The normalized spacial score (nSPS) is 16.9. The van der Waals surface area contributed by atoms with E-state index in [4.69, 9.17) is 4.74 Å². The molecule has 3 atom stereocenters. The van der Waals surface area contributed by atoms with E-state index >= 15 is 0 Å². The lowest BCUT2D eigenvalue weighted by Crippen LogP contribution is -2.53. The number of hydrogen-bond acceptors (Lipinski definition) is 6. The van der Waals surface area contributed by atoms with Crippen molar-refractivity contribution in [3.8, 4) is 5.75 Å². The number of amides is 3.